The van der Waals surface area contributed by atoms with Gasteiger partial charge in [0.05, 0.1) is 11.1 Å². The van der Waals surface area contributed by atoms with Gasteiger partial charge in [-0.3, -0.25) is 4.79 Å². The van der Waals surface area contributed by atoms with Crippen LogP contribution in [0.15, 0.2) is 48.5 Å². The normalized spacial score (nSPS) is 15.0. The number of ether oxygens (including phenoxy) is 1. The van der Waals surface area contributed by atoms with E-state index in [2.05, 4.69) is 5.32 Å². The minimum Gasteiger partial charge on any atom is -0.482 e. The first kappa shape index (κ1) is 16.2. The SMILES string of the molecule is O=C(COc1cc(Cl)ccc1Cl)NC(c1ccccc1)C1CC1. The van der Waals surface area contributed by atoms with E-state index in [1.807, 2.05) is 30.3 Å². The Balaban J connectivity index is 1.61. The van der Waals surface area contributed by atoms with Gasteiger partial charge in [-0.1, -0.05) is 53.5 Å². The van der Waals surface area contributed by atoms with Gasteiger partial charge in [-0.05, 0) is 36.5 Å². The molecule has 3 rings (SSSR count). The Bertz CT molecular complexity index is 687. The first-order valence-electron chi connectivity index (χ1n) is 7.55. The van der Waals surface area contributed by atoms with Crippen LogP contribution in [-0.2, 0) is 4.79 Å². The molecule has 0 aromatic heterocycles. The number of carbonyl (C=O) groups excluding carboxylic acids is 1. The number of nitrogens with one attached hydrogen (secondary N) is 1. The summed E-state index contributed by atoms with van der Waals surface area (Å²) in [7, 11) is 0. The van der Waals surface area contributed by atoms with Gasteiger partial charge >= 0.3 is 0 Å². The molecule has 1 amide bonds. The van der Waals surface area contributed by atoms with Gasteiger partial charge in [-0.2, -0.15) is 0 Å². The summed E-state index contributed by atoms with van der Waals surface area (Å²) in [5.41, 5.74) is 1.13. The van der Waals surface area contributed by atoms with Crippen molar-refractivity contribution in [2.24, 2.45) is 5.92 Å². The highest BCUT2D eigenvalue weighted by molar-refractivity contribution is 6.34. The van der Waals surface area contributed by atoms with E-state index in [-0.39, 0.29) is 18.6 Å². The van der Waals surface area contributed by atoms with E-state index in [0.29, 0.717) is 21.7 Å². The summed E-state index contributed by atoms with van der Waals surface area (Å²) in [5, 5.41) is 4.01. The van der Waals surface area contributed by atoms with Crippen LogP contribution in [0.4, 0.5) is 0 Å². The molecule has 3 nitrogen and oxygen atoms in total. The van der Waals surface area contributed by atoms with Crippen LogP contribution >= 0.6 is 23.2 Å². The highest BCUT2D eigenvalue weighted by Crippen LogP contribution is 2.40. The summed E-state index contributed by atoms with van der Waals surface area (Å²) < 4.78 is 5.49. The van der Waals surface area contributed by atoms with E-state index in [9.17, 15) is 4.79 Å². The molecule has 120 valence electrons. The van der Waals surface area contributed by atoms with Gasteiger partial charge in [0.25, 0.3) is 5.91 Å². The number of benzene rings is 2. The van der Waals surface area contributed by atoms with Gasteiger partial charge in [0.2, 0.25) is 0 Å². The Morgan fingerprint density at radius 1 is 1.17 bits per heavy atom. The van der Waals surface area contributed by atoms with Crippen LogP contribution in [0.2, 0.25) is 10.0 Å². The smallest absolute Gasteiger partial charge is 0.258 e. The van der Waals surface area contributed by atoms with E-state index in [1.165, 1.54) is 0 Å². The molecule has 2 aromatic rings. The van der Waals surface area contributed by atoms with Crippen molar-refractivity contribution < 1.29 is 9.53 Å². The van der Waals surface area contributed by atoms with Gasteiger partial charge in [0.1, 0.15) is 5.75 Å². The number of carbonyl (C=O) groups is 1. The first-order valence-corrected chi connectivity index (χ1v) is 8.31. The number of hydrogen-bond donors (Lipinski definition) is 1. The van der Waals surface area contributed by atoms with Gasteiger partial charge in [-0.25, -0.2) is 0 Å². The van der Waals surface area contributed by atoms with Crippen molar-refractivity contribution >= 4 is 29.1 Å². The summed E-state index contributed by atoms with van der Waals surface area (Å²) in [6.07, 6.45) is 2.28. The molecule has 1 aliphatic carbocycles. The maximum absolute atomic E-state index is 12.2. The van der Waals surface area contributed by atoms with E-state index in [1.54, 1.807) is 18.2 Å². The van der Waals surface area contributed by atoms with E-state index < -0.39 is 0 Å². The van der Waals surface area contributed by atoms with Crippen LogP contribution in [0.25, 0.3) is 0 Å². The molecule has 23 heavy (non-hydrogen) atoms. The highest BCUT2D eigenvalue weighted by Gasteiger charge is 2.33. The second kappa shape index (κ2) is 7.24. The number of halogens is 2. The molecular formula is C18H17Cl2NO2. The number of amides is 1. The minimum absolute atomic E-state index is 0.0436. The quantitative estimate of drug-likeness (QED) is 0.824. The molecule has 0 saturated heterocycles. The Morgan fingerprint density at radius 3 is 2.61 bits per heavy atom. The Morgan fingerprint density at radius 2 is 1.91 bits per heavy atom. The van der Waals surface area contributed by atoms with Crippen molar-refractivity contribution in [1.82, 2.24) is 5.32 Å². The van der Waals surface area contributed by atoms with Crippen LogP contribution in [0.5, 0.6) is 5.75 Å². The third-order valence-corrected chi connectivity index (χ3v) is 4.37. The predicted molar refractivity (Wildman–Crippen MR) is 92.0 cm³/mol. The molecule has 2 aromatic carbocycles. The zero-order chi connectivity index (χ0) is 16.2. The van der Waals surface area contributed by atoms with Crippen molar-refractivity contribution in [2.45, 2.75) is 18.9 Å². The Labute approximate surface area is 145 Å². The van der Waals surface area contributed by atoms with Gasteiger partial charge in [-0.15, -0.1) is 0 Å². The Hall–Kier alpha value is -1.71. The lowest BCUT2D eigenvalue weighted by Gasteiger charge is -2.19. The lowest BCUT2D eigenvalue weighted by molar-refractivity contribution is -0.124. The van der Waals surface area contributed by atoms with Crippen LogP contribution in [0.3, 0.4) is 0 Å². The molecule has 0 heterocycles. The van der Waals surface area contributed by atoms with Crippen molar-refractivity contribution in [2.75, 3.05) is 6.61 Å². The third kappa shape index (κ3) is 4.40. The maximum Gasteiger partial charge on any atom is 0.258 e. The van der Waals surface area contributed by atoms with Crippen LogP contribution < -0.4 is 10.1 Å². The monoisotopic (exact) mass is 349 g/mol. The lowest BCUT2D eigenvalue weighted by atomic mass is 10.0. The lowest BCUT2D eigenvalue weighted by Crippen LogP contribution is -2.33. The van der Waals surface area contributed by atoms with Gasteiger partial charge in [0.15, 0.2) is 6.61 Å². The molecule has 0 radical (unpaired) electrons. The topological polar surface area (TPSA) is 38.3 Å². The summed E-state index contributed by atoms with van der Waals surface area (Å²) in [4.78, 5) is 12.2. The fourth-order valence-electron chi connectivity index (χ4n) is 2.51. The molecule has 1 fully saturated rings. The van der Waals surface area contributed by atoms with Crippen molar-refractivity contribution in [3.63, 3.8) is 0 Å². The summed E-state index contributed by atoms with van der Waals surface area (Å²) in [6, 6.07) is 15.0. The fourth-order valence-corrected chi connectivity index (χ4v) is 2.84. The third-order valence-electron chi connectivity index (χ3n) is 3.82. The average molecular weight is 350 g/mol. The van der Waals surface area contributed by atoms with Crippen molar-refractivity contribution in [3.8, 4) is 5.75 Å². The Kier molecular flexibility index (Phi) is 5.09. The molecule has 0 bridgehead atoms. The molecule has 1 unspecified atom stereocenters. The second-order valence-electron chi connectivity index (χ2n) is 5.66. The summed E-state index contributed by atoms with van der Waals surface area (Å²) >= 11 is 11.9. The predicted octanol–water partition coefficient (Wildman–Crippen LogP) is 4.64. The molecule has 1 N–H and O–H groups in total. The molecular weight excluding hydrogens is 333 g/mol. The van der Waals surface area contributed by atoms with E-state index >= 15 is 0 Å². The largest absolute Gasteiger partial charge is 0.482 e. The van der Waals surface area contributed by atoms with Gasteiger partial charge < -0.3 is 10.1 Å². The van der Waals surface area contributed by atoms with E-state index in [4.69, 9.17) is 27.9 Å². The fraction of sp³-hybridized carbons (Fsp3) is 0.278. The zero-order valence-electron chi connectivity index (χ0n) is 12.5. The molecule has 1 saturated carbocycles. The number of rotatable bonds is 6. The highest BCUT2D eigenvalue weighted by atomic mass is 35.5. The molecule has 0 spiro atoms. The first-order chi connectivity index (χ1) is 11.1. The van der Waals surface area contributed by atoms with Crippen LogP contribution in [-0.4, -0.2) is 12.5 Å². The van der Waals surface area contributed by atoms with Crippen molar-refractivity contribution in [1.29, 1.82) is 0 Å². The molecule has 1 atom stereocenters. The maximum atomic E-state index is 12.2. The second-order valence-corrected chi connectivity index (χ2v) is 6.50. The van der Waals surface area contributed by atoms with E-state index in [0.717, 1.165) is 18.4 Å². The molecule has 0 aliphatic heterocycles. The average Bonchev–Trinajstić information content (AvgIpc) is 3.39. The van der Waals surface area contributed by atoms with Crippen LogP contribution in [0, 0.1) is 5.92 Å². The van der Waals surface area contributed by atoms with Crippen molar-refractivity contribution in [3.05, 3.63) is 64.1 Å². The van der Waals surface area contributed by atoms with Gasteiger partial charge in [0, 0.05) is 11.1 Å². The molecule has 5 heteroatoms. The zero-order valence-corrected chi connectivity index (χ0v) is 14.0. The minimum atomic E-state index is -0.165. The number of hydrogen-bond acceptors (Lipinski definition) is 2. The summed E-state index contributed by atoms with van der Waals surface area (Å²) in [5.74, 6) is 0.759. The molecule has 1 aliphatic rings. The summed E-state index contributed by atoms with van der Waals surface area (Å²) in [6.45, 7) is -0.0872. The standard InChI is InChI=1S/C18H17Cl2NO2/c19-14-8-9-15(20)16(10-14)23-11-17(22)21-18(13-6-7-13)12-4-2-1-3-5-12/h1-5,8-10,13,18H,6-7,11H2,(H,21,22). The van der Waals surface area contributed by atoms with Crippen LogP contribution in [0.1, 0.15) is 24.4 Å².